The zero-order valence-electron chi connectivity index (χ0n) is 10.9. The second-order valence-electron chi connectivity index (χ2n) is 4.57. The summed E-state index contributed by atoms with van der Waals surface area (Å²) in [5, 5.41) is 2.89. The van der Waals surface area contributed by atoms with Crippen molar-refractivity contribution in [2.24, 2.45) is 5.73 Å². The van der Waals surface area contributed by atoms with Crippen LogP contribution >= 0.6 is 0 Å². The van der Waals surface area contributed by atoms with Crippen molar-refractivity contribution in [2.75, 3.05) is 6.54 Å². The van der Waals surface area contributed by atoms with Crippen LogP contribution in [0.3, 0.4) is 0 Å². The molecule has 2 atom stereocenters. The Balaban J connectivity index is 2.65. The van der Waals surface area contributed by atoms with E-state index >= 15 is 0 Å². The topological polar surface area (TPSA) is 55.1 Å². The molecule has 3 N–H and O–H groups in total. The van der Waals surface area contributed by atoms with Gasteiger partial charge in [0.1, 0.15) is 5.82 Å². The zero-order valence-corrected chi connectivity index (χ0v) is 10.9. The Hall–Kier alpha value is -1.42. The first kappa shape index (κ1) is 14.6. The highest BCUT2D eigenvalue weighted by atomic mass is 19.1. The van der Waals surface area contributed by atoms with E-state index in [4.69, 9.17) is 5.73 Å². The molecule has 4 heteroatoms. The summed E-state index contributed by atoms with van der Waals surface area (Å²) in [6.45, 7) is 4.30. The molecule has 0 aliphatic rings. The van der Waals surface area contributed by atoms with Crippen molar-refractivity contribution in [2.45, 2.75) is 38.6 Å². The Morgan fingerprint density at radius 2 is 2.22 bits per heavy atom. The van der Waals surface area contributed by atoms with Crippen molar-refractivity contribution < 1.29 is 9.18 Å². The molecule has 0 bridgehead atoms. The van der Waals surface area contributed by atoms with Crippen LogP contribution in [0.2, 0.25) is 0 Å². The van der Waals surface area contributed by atoms with Crippen LogP contribution in [0, 0.1) is 5.82 Å². The SMILES string of the molecule is CCC(C)NC(=O)CC(CN)c1cccc(F)c1. The Bertz CT molecular complexity index is 395. The molecule has 0 fully saturated rings. The van der Waals surface area contributed by atoms with Crippen LogP contribution in [-0.4, -0.2) is 18.5 Å². The van der Waals surface area contributed by atoms with Crippen LogP contribution in [0.4, 0.5) is 4.39 Å². The molecular weight excluding hydrogens is 231 g/mol. The number of halogens is 1. The van der Waals surface area contributed by atoms with Crippen molar-refractivity contribution in [1.82, 2.24) is 5.32 Å². The van der Waals surface area contributed by atoms with Gasteiger partial charge in [-0.1, -0.05) is 19.1 Å². The Labute approximate surface area is 108 Å². The lowest BCUT2D eigenvalue weighted by atomic mass is 9.95. The summed E-state index contributed by atoms with van der Waals surface area (Å²) < 4.78 is 13.1. The smallest absolute Gasteiger partial charge is 0.220 e. The van der Waals surface area contributed by atoms with Crippen LogP contribution in [0.5, 0.6) is 0 Å². The molecule has 100 valence electrons. The van der Waals surface area contributed by atoms with E-state index in [1.165, 1.54) is 12.1 Å². The van der Waals surface area contributed by atoms with Gasteiger partial charge in [0.05, 0.1) is 0 Å². The van der Waals surface area contributed by atoms with Crippen molar-refractivity contribution >= 4 is 5.91 Å². The molecule has 1 aromatic carbocycles. The van der Waals surface area contributed by atoms with Gasteiger partial charge in [-0.3, -0.25) is 4.79 Å². The summed E-state index contributed by atoms with van der Waals surface area (Å²) in [6, 6.07) is 6.42. The van der Waals surface area contributed by atoms with E-state index in [2.05, 4.69) is 5.32 Å². The van der Waals surface area contributed by atoms with Crippen LogP contribution in [0.1, 0.15) is 38.2 Å². The molecular formula is C14H21FN2O. The van der Waals surface area contributed by atoms with Crippen molar-refractivity contribution in [3.05, 3.63) is 35.6 Å². The third kappa shape index (κ3) is 4.45. The number of carbonyl (C=O) groups is 1. The molecule has 0 aliphatic carbocycles. The fraction of sp³-hybridized carbons (Fsp3) is 0.500. The van der Waals surface area contributed by atoms with Gasteiger partial charge in [-0.2, -0.15) is 0 Å². The Morgan fingerprint density at radius 3 is 2.78 bits per heavy atom. The molecule has 3 nitrogen and oxygen atoms in total. The second kappa shape index (κ2) is 7.11. The van der Waals surface area contributed by atoms with Crippen LogP contribution in [-0.2, 0) is 4.79 Å². The second-order valence-corrected chi connectivity index (χ2v) is 4.57. The predicted octanol–water partition coefficient (Wildman–Crippen LogP) is 2.17. The van der Waals surface area contributed by atoms with Crippen LogP contribution in [0.25, 0.3) is 0 Å². The minimum atomic E-state index is -0.298. The van der Waals surface area contributed by atoms with Crippen molar-refractivity contribution in [3.8, 4) is 0 Å². The quantitative estimate of drug-likeness (QED) is 0.815. The van der Waals surface area contributed by atoms with E-state index in [0.717, 1.165) is 12.0 Å². The van der Waals surface area contributed by atoms with Gasteiger partial charge in [-0.15, -0.1) is 0 Å². The van der Waals surface area contributed by atoms with Gasteiger partial charge in [0.15, 0.2) is 0 Å². The van der Waals surface area contributed by atoms with E-state index in [-0.39, 0.29) is 23.7 Å². The van der Waals surface area contributed by atoms with E-state index in [9.17, 15) is 9.18 Å². The summed E-state index contributed by atoms with van der Waals surface area (Å²) in [5.41, 5.74) is 6.44. The standard InChI is InChI=1S/C14H21FN2O/c1-3-10(2)17-14(18)8-12(9-16)11-5-4-6-13(15)7-11/h4-7,10,12H,3,8-9,16H2,1-2H3,(H,17,18). The molecule has 1 rings (SSSR count). The van der Waals surface area contributed by atoms with Gasteiger partial charge < -0.3 is 11.1 Å². The number of nitrogens with one attached hydrogen (secondary N) is 1. The number of carbonyl (C=O) groups excluding carboxylic acids is 1. The highest BCUT2D eigenvalue weighted by Gasteiger charge is 2.16. The maximum absolute atomic E-state index is 13.1. The van der Waals surface area contributed by atoms with Crippen molar-refractivity contribution in [3.63, 3.8) is 0 Å². The molecule has 2 unspecified atom stereocenters. The number of benzene rings is 1. The van der Waals surface area contributed by atoms with E-state index in [1.54, 1.807) is 12.1 Å². The normalized spacial score (nSPS) is 14.0. The predicted molar refractivity (Wildman–Crippen MR) is 70.7 cm³/mol. The maximum Gasteiger partial charge on any atom is 0.220 e. The number of nitrogens with two attached hydrogens (primary N) is 1. The van der Waals surface area contributed by atoms with Gasteiger partial charge >= 0.3 is 0 Å². The monoisotopic (exact) mass is 252 g/mol. The molecule has 18 heavy (non-hydrogen) atoms. The lowest BCUT2D eigenvalue weighted by Crippen LogP contribution is -2.33. The summed E-state index contributed by atoms with van der Waals surface area (Å²) in [6.07, 6.45) is 1.18. The highest BCUT2D eigenvalue weighted by molar-refractivity contribution is 5.77. The molecule has 0 aromatic heterocycles. The zero-order chi connectivity index (χ0) is 13.5. The Kier molecular flexibility index (Phi) is 5.78. The Morgan fingerprint density at radius 1 is 1.50 bits per heavy atom. The first-order valence-corrected chi connectivity index (χ1v) is 6.31. The number of rotatable bonds is 6. The van der Waals surface area contributed by atoms with Gasteiger partial charge in [0.25, 0.3) is 0 Å². The van der Waals surface area contributed by atoms with E-state index < -0.39 is 0 Å². The first-order chi connectivity index (χ1) is 8.56. The molecule has 1 aromatic rings. The fourth-order valence-corrected chi connectivity index (χ4v) is 1.76. The van der Waals surface area contributed by atoms with Gasteiger partial charge in [-0.05, 0) is 37.6 Å². The van der Waals surface area contributed by atoms with Gasteiger partial charge in [-0.25, -0.2) is 4.39 Å². The molecule has 0 saturated heterocycles. The molecule has 1 amide bonds. The summed E-state index contributed by atoms with van der Waals surface area (Å²) in [4.78, 5) is 11.8. The largest absolute Gasteiger partial charge is 0.354 e. The lowest BCUT2D eigenvalue weighted by Gasteiger charge is -2.17. The van der Waals surface area contributed by atoms with Crippen molar-refractivity contribution in [1.29, 1.82) is 0 Å². The van der Waals surface area contributed by atoms with Crippen LogP contribution in [0.15, 0.2) is 24.3 Å². The average Bonchev–Trinajstić information content (AvgIpc) is 2.35. The third-order valence-corrected chi connectivity index (χ3v) is 3.06. The van der Waals surface area contributed by atoms with E-state index in [1.807, 2.05) is 13.8 Å². The van der Waals surface area contributed by atoms with E-state index in [0.29, 0.717) is 13.0 Å². The first-order valence-electron chi connectivity index (χ1n) is 6.31. The number of amides is 1. The average molecular weight is 252 g/mol. The maximum atomic E-state index is 13.1. The minimum Gasteiger partial charge on any atom is -0.354 e. The van der Waals surface area contributed by atoms with Gasteiger partial charge in [0.2, 0.25) is 5.91 Å². The summed E-state index contributed by atoms with van der Waals surface area (Å²) in [7, 11) is 0. The summed E-state index contributed by atoms with van der Waals surface area (Å²) in [5.74, 6) is -0.470. The molecule has 0 heterocycles. The highest BCUT2D eigenvalue weighted by Crippen LogP contribution is 2.19. The third-order valence-electron chi connectivity index (χ3n) is 3.06. The van der Waals surface area contributed by atoms with Crippen LogP contribution < -0.4 is 11.1 Å². The molecule has 0 saturated carbocycles. The molecule has 0 radical (unpaired) electrons. The molecule has 0 spiro atoms. The van der Waals surface area contributed by atoms with Gasteiger partial charge in [0, 0.05) is 18.4 Å². The fourth-order valence-electron chi connectivity index (χ4n) is 1.76. The minimum absolute atomic E-state index is 0.0379. The lowest BCUT2D eigenvalue weighted by molar-refractivity contribution is -0.122. The number of hydrogen-bond donors (Lipinski definition) is 2. The summed E-state index contributed by atoms with van der Waals surface area (Å²) >= 11 is 0. The molecule has 0 aliphatic heterocycles. The number of hydrogen-bond acceptors (Lipinski definition) is 2.